The van der Waals surface area contributed by atoms with Crippen molar-refractivity contribution in [2.75, 3.05) is 20.7 Å². The van der Waals surface area contributed by atoms with Crippen LogP contribution >= 0.6 is 0 Å². The normalized spacial score (nSPS) is 22.8. The molecule has 0 aliphatic heterocycles. The van der Waals surface area contributed by atoms with Crippen molar-refractivity contribution in [1.82, 2.24) is 4.90 Å². The summed E-state index contributed by atoms with van der Waals surface area (Å²) in [5, 5.41) is 0. The fourth-order valence-electron chi connectivity index (χ4n) is 2.94. The molecule has 1 fully saturated rings. The molecule has 0 amide bonds. The summed E-state index contributed by atoms with van der Waals surface area (Å²) in [6, 6.07) is 0.123. The molecule has 1 rings (SSSR count). The summed E-state index contributed by atoms with van der Waals surface area (Å²) in [5.74, 6) is 0. The molecule has 2 N–H and O–H groups in total. The molecule has 1 aliphatic rings. The monoisotopic (exact) mass is 242 g/mol. The van der Waals surface area contributed by atoms with Gasteiger partial charge in [-0.2, -0.15) is 0 Å². The van der Waals surface area contributed by atoms with E-state index in [1.54, 1.807) is 0 Å². The van der Waals surface area contributed by atoms with Gasteiger partial charge in [-0.3, -0.25) is 0 Å². The molecule has 17 heavy (non-hydrogen) atoms. The van der Waals surface area contributed by atoms with E-state index in [9.17, 15) is 0 Å². The molecular formula is C14H30N2O. The van der Waals surface area contributed by atoms with Crippen LogP contribution in [-0.2, 0) is 4.74 Å². The zero-order valence-corrected chi connectivity index (χ0v) is 12.0. The number of nitrogens with two attached hydrogens (primary N) is 1. The van der Waals surface area contributed by atoms with Crippen molar-refractivity contribution >= 4 is 0 Å². The van der Waals surface area contributed by atoms with Gasteiger partial charge in [0.2, 0.25) is 0 Å². The Morgan fingerprint density at radius 3 is 2.06 bits per heavy atom. The standard InChI is InChI=1S/C14H30N2O/c1-12(2)17-11-13(15)14(16(3)4)9-7-5-6-8-10-14/h12-13H,5-11,15H2,1-4H3. The SMILES string of the molecule is CC(C)OCC(N)C1(N(C)C)CCCCCC1. The number of nitrogens with zero attached hydrogens (tertiary/aromatic N) is 1. The second kappa shape index (κ2) is 6.72. The quantitative estimate of drug-likeness (QED) is 0.752. The third kappa shape index (κ3) is 3.94. The number of likely N-dealkylation sites (N-methyl/N-ethyl adjacent to an activating group) is 1. The highest BCUT2D eigenvalue weighted by Gasteiger charge is 2.39. The van der Waals surface area contributed by atoms with Crippen LogP contribution in [0.1, 0.15) is 52.4 Å². The van der Waals surface area contributed by atoms with Crippen molar-refractivity contribution in [3.63, 3.8) is 0 Å². The molecule has 0 saturated heterocycles. The maximum atomic E-state index is 6.44. The molecule has 0 bridgehead atoms. The summed E-state index contributed by atoms with van der Waals surface area (Å²) in [6.45, 7) is 4.82. The van der Waals surface area contributed by atoms with Crippen LogP contribution in [-0.4, -0.2) is 43.3 Å². The Morgan fingerprint density at radius 1 is 1.12 bits per heavy atom. The minimum atomic E-state index is 0.123. The zero-order valence-electron chi connectivity index (χ0n) is 12.0. The molecule has 3 nitrogen and oxygen atoms in total. The molecule has 102 valence electrons. The van der Waals surface area contributed by atoms with Crippen molar-refractivity contribution in [3.8, 4) is 0 Å². The molecule has 0 heterocycles. The highest BCUT2D eigenvalue weighted by molar-refractivity contribution is 4.98. The van der Waals surface area contributed by atoms with Gasteiger partial charge in [0.05, 0.1) is 12.7 Å². The number of hydrogen-bond donors (Lipinski definition) is 1. The van der Waals surface area contributed by atoms with Gasteiger partial charge in [-0.05, 0) is 40.8 Å². The van der Waals surface area contributed by atoms with E-state index in [1.807, 2.05) is 0 Å². The lowest BCUT2D eigenvalue weighted by molar-refractivity contribution is 0.0118. The van der Waals surface area contributed by atoms with Crippen LogP contribution < -0.4 is 5.73 Å². The van der Waals surface area contributed by atoms with Crippen LogP contribution in [0.5, 0.6) is 0 Å². The first-order valence-electron chi connectivity index (χ1n) is 7.03. The first kappa shape index (κ1) is 14.9. The fourth-order valence-corrected chi connectivity index (χ4v) is 2.94. The predicted octanol–water partition coefficient (Wildman–Crippen LogP) is 2.39. The summed E-state index contributed by atoms with van der Waals surface area (Å²) >= 11 is 0. The summed E-state index contributed by atoms with van der Waals surface area (Å²) in [7, 11) is 4.33. The lowest BCUT2D eigenvalue weighted by Crippen LogP contribution is -2.59. The van der Waals surface area contributed by atoms with Gasteiger partial charge in [-0.1, -0.05) is 25.7 Å². The fraction of sp³-hybridized carbons (Fsp3) is 1.00. The third-order valence-electron chi connectivity index (χ3n) is 4.16. The Kier molecular flexibility index (Phi) is 5.90. The lowest BCUT2D eigenvalue weighted by Gasteiger charge is -2.44. The van der Waals surface area contributed by atoms with Crippen molar-refractivity contribution in [2.24, 2.45) is 5.73 Å². The minimum absolute atomic E-state index is 0.123. The molecule has 0 radical (unpaired) electrons. The summed E-state index contributed by atoms with van der Waals surface area (Å²) in [5.41, 5.74) is 6.58. The molecule has 1 atom stereocenters. The molecule has 1 aliphatic carbocycles. The maximum Gasteiger partial charge on any atom is 0.0639 e. The summed E-state index contributed by atoms with van der Waals surface area (Å²) < 4.78 is 5.72. The van der Waals surface area contributed by atoms with E-state index < -0.39 is 0 Å². The average molecular weight is 242 g/mol. The second-order valence-electron chi connectivity index (χ2n) is 5.90. The topological polar surface area (TPSA) is 38.5 Å². The maximum absolute atomic E-state index is 6.44. The van der Waals surface area contributed by atoms with Gasteiger partial charge in [0.1, 0.15) is 0 Å². The zero-order chi connectivity index (χ0) is 12.9. The van der Waals surface area contributed by atoms with Crippen LogP contribution in [0.3, 0.4) is 0 Å². The molecule has 0 aromatic carbocycles. The van der Waals surface area contributed by atoms with Gasteiger partial charge < -0.3 is 15.4 Å². The Bertz CT molecular complexity index is 208. The van der Waals surface area contributed by atoms with Crippen molar-refractivity contribution in [2.45, 2.75) is 70.1 Å². The second-order valence-corrected chi connectivity index (χ2v) is 5.90. The summed E-state index contributed by atoms with van der Waals surface area (Å²) in [6.07, 6.45) is 8.00. The van der Waals surface area contributed by atoms with Gasteiger partial charge >= 0.3 is 0 Å². The Balaban J connectivity index is 2.67. The van der Waals surface area contributed by atoms with Gasteiger partial charge in [0, 0.05) is 11.6 Å². The van der Waals surface area contributed by atoms with Crippen molar-refractivity contribution < 1.29 is 4.74 Å². The molecule has 3 heteroatoms. The van der Waals surface area contributed by atoms with Gasteiger partial charge in [-0.25, -0.2) is 0 Å². The van der Waals surface area contributed by atoms with E-state index in [-0.39, 0.29) is 17.7 Å². The number of hydrogen-bond acceptors (Lipinski definition) is 3. The molecule has 0 spiro atoms. The molecular weight excluding hydrogens is 212 g/mol. The lowest BCUT2D eigenvalue weighted by atomic mass is 9.82. The first-order valence-corrected chi connectivity index (χ1v) is 7.03. The third-order valence-corrected chi connectivity index (χ3v) is 4.16. The van der Waals surface area contributed by atoms with Crippen LogP contribution in [0.2, 0.25) is 0 Å². The van der Waals surface area contributed by atoms with Crippen molar-refractivity contribution in [3.05, 3.63) is 0 Å². The van der Waals surface area contributed by atoms with E-state index >= 15 is 0 Å². The van der Waals surface area contributed by atoms with Gasteiger partial charge in [-0.15, -0.1) is 0 Å². The van der Waals surface area contributed by atoms with E-state index in [0.717, 1.165) is 0 Å². The highest BCUT2D eigenvalue weighted by Crippen LogP contribution is 2.33. The average Bonchev–Trinajstić information content (AvgIpc) is 2.51. The predicted molar refractivity (Wildman–Crippen MR) is 73.2 cm³/mol. The Hall–Kier alpha value is -0.120. The van der Waals surface area contributed by atoms with Gasteiger partial charge in [0.25, 0.3) is 0 Å². The Morgan fingerprint density at radius 2 is 1.65 bits per heavy atom. The Labute approximate surface area is 107 Å². The minimum Gasteiger partial charge on any atom is -0.377 e. The number of rotatable bonds is 5. The number of ether oxygens (including phenoxy) is 1. The summed E-state index contributed by atoms with van der Waals surface area (Å²) in [4.78, 5) is 2.34. The molecule has 1 saturated carbocycles. The van der Waals surface area contributed by atoms with Gasteiger partial charge in [0.15, 0.2) is 0 Å². The van der Waals surface area contributed by atoms with Crippen LogP contribution in [0.4, 0.5) is 0 Å². The van der Waals surface area contributed by atoms with E-state index in [4.69, 9.17) is 10.5 Å². The van der Waals surface area contributed by atoms with E-state index in [0.29, 0.717) is 6.61 Å². The van der Waals surface area contributed by atoms with Crippen LogP contribution in [0, 0.1) is 0 Å². The van der Waals surface area contributed by atoms with Crippen LogP contribution in [0.25, 0.3) is 0 Å². The molecule has 0 aromatic heterocycles. The molecule has 0 aromatic rings. The van der Waals surface area contributed by atoms with E-state index in [1.165, 1.54) is 38.5 Å². The van der Waals surface area contributed by atoms with Crippen molar-refractivity contribution in [1.29, 1.82) is 0 Å². The molecule has 1 unspecified atom stereocenters. The van der Waals surface area contributed by atoms with E-state index in [2.05, 4.69) is 32.8 Å². The van der Waals surface area contributed by atoms with Crippen LogP contribution in [0.15, 0.2) is 0 Å². The first-order chi connectivity index (χ1) is 7.99. The smallest absolute Gasteiger partial charge is 0.0639 e. The largest absolute Gasteiger partial charge is 0.377 e. The highest BCUT2D eigenvalue weighted by atomic mass is 16.5.